The number of hydrogen-bond acceptors (Lipinski definition) is 4. The lowest BCUT2D eigenvalue weighted by Crippen LogP contribution is -2.29. The Morgan fingerprint density at radius 2 is 1.85 bits per heavy atom. The average Bonchev–Trinajstić information content (AvgIpc) is 2.78. The number of rotatable bonds is 5. The van der Waals surface area contributed by atoms with Gasteiger partial charge in [-0.3, -0.25) is 4.79 Å². The van der Waals surface area contributed by atoms with Crippen LogP contribution >= 0.6 is 15.9 Å². The van der Waals surface area contributed by atoms with E-state index >= 15 is 0 Å². The second-order valence-electron chi connectivity index (χ2n) is 8.70. The van der Waals surface area contributed by atoms with Crippen LogP contribution in [-0.2, 0) is 12.0 Å². The van der Waals surface area contributed by atoms with Gasteiger partial charge in [0.05, 0.1) is 17.1 Å². The van der Waals surface area contributed by atoms with Crippen molar-refractivity contribution in [1.82, 2.24) is 9.66 Å². The van der Waals surface area contributed by atoms with Crippen LogP contribution in [0.4, 0.5) is 4.39 Å². The summed E-state index contributed by atoms with van der Waals surface area (Å²) in [6.07, 6.45) is 1.62. The highest BCUT2D eigenvalue weighted by molar-refractivity contribution is 9.10. The maximum Gasteiger partial charge on any atom is 0.282 e. The highest BCUT2D eigenvalue weighted by Crippen LogP contribution is 2.23. The van der Waals surface area contributed by atoms with Crippen LogP contribution in [-0.4, -0.2) is 15.9 Å². The standard InChI is InChI=1S/C26H23BrFN3O2/c1-26(2,3)25-30-23-12-9-19(27)14-22(23)24(32)31(25)29-15-18-5-4-6-21(13-18)33-16-17-7-10-20(28)11-8-17/h4-15H,16H2,1-3H3. The molecule has 0 unspecified atom stereocenters. The predicted molar refractivity (Wildman–Crippen MR) is 133 cm³/mol. The predicted octanol–water partition coefficient (Wildman–Crippen LogP) is 6.06. The molecule has 0 aliphatic heterocycles. The molecule has 0 spiro atoms. The van der Waals surface area contributed by atoms with Crippen molar-refractivity contribution in [2.75, 3.05) is 0 Å². The fourth-order valence-electron chi connectivity index (χ4n) is 3.30. The first-order chi connectivity index (χ1) is 15.7. The summed E-state index contributed by atoms with van der Waals surface area (Å²) in [6, 6.07) is 19.0. The summed E-state index contributed by atoms with van der Waals surface area (Å²) in [6.45, 7) is 6.30. The molecular weight excluding hydrogens is 485 g/mol. The molecule has 1 heterocycles. The van der Waals surface area contributed by atoms with E-state index in [2.05, 4.69) is 21.0 Å². The summed E-state index contributed by atoms with van der Waals surface area (Å²) in [5.74, 6) is 0.937. The minimum Gasteiger partial charge on any atom is -0.489 e. The van der Waals surface area contributed by atoms with Gasteiger partial charge < -0.3 is 4.74 Å². The number of aromatic nitrogens is 2. The van der Waals surface area contributed by atoms with E-state index in [4.69, 9.17) is 9.72 Å². The molecular formula is C26H23BrFN3O2. The Balaban J connectivity index is 1.65. The second kappa shape index (κ2) is 9.27. The highest BCUT2D eigenvalue weighted by atomic mass is 79.9. The SMILES string of the molecule is CC(C)(C)c1nc2ccc(Br)cc2c(=O)n1N=Cc1cccc(OCc2ccc(F)cc2)c1. The van der Waals surface area contributed by atoms with Gasteiger partial charge in [-0.2, -0.15) is 9.78 Å². The lowest BCUT2D eigenvalue weighted by atomic mass is 9.95. The molecule has 0 radical (unpaired) electrons. The molecule has 0 bridgehead atoms. The summed E-state index contributed by atoms with van der Waals surface area (Å²) in [4.78, 5) is 18.0. The average molecular weight is 508 g/mol. The van der Waals surface area contributed by atoms with Crippen LogP contribution in [0, 0.1) is 5.82 Å². The fourth-order valence-corrected chi connectivity index (χ4v) is 3.66. The van der Waals surface area contributed by atoms with E-state index in [1.165, 1.54) is 16.8 Å². The molecule has 0 fully saturated rings. The molecule has 0 N–H and O–H groups in total. The van der Waals surface area contributed by atoms with E-state index in [1.54, 1.807) is 24.4 Å². The zero-order chi connectivity index (χ0) is 23.6. The Morgan fingerprint density at radius 1 is 1.09 bits per heavy atom. The molecule has 0 amide bonds. The number of benzene rings is 3. The van der Waals surface area contributed by atoms with Crippen molar-refractivity contribution in [3.8, 4) is 5.75 Å². The fraction of sp³-hybridized carbons (Fsp3) is 0.192. The van der Waals surface area contributed by atoms with Gasteiger partial charge in [-0.05, 0) is 53.6 Å². The quantitative estimate of drug-likeness (QED) is 0.308. The molecule has 0 aliphatic carbocycles. The maximum absolute atomic E-state index is 13.3. The summed E-state index contributed by atoms with van der Waals surface area (Å²) in [5, 5.41) is 4.99. The zero-order valence-electron chi connectivity index (χ0n) is 18.5. The summed E-state index contributed by atoms with van der Waals surface area (Å²) in [5.41, 5.74) is 1.65. The normalized spacial score (nSPS) is 11.9. The second-order valence-corrected chi connectivity index (χ2v) is 9.61. The third-order valence-corrected chi connectivity index (χ3v) is 5.47. The summed E-state index contributed by atoms with van der Waals surface area (Å²) in [7, 11) is 0. The van der Waals surface area contributed by atoms with Gasteiger partial charge in [0.2, 0.25) is 0 Å². The van der Waals surface area contributed by atoms with E-state index in [9.17, 15) is 9.18 Å². The number of fused-ring (bicyclic) bond motifs is 1. The van der Waals surface area contributed by atoms with Crippen molar-refractivity contribution in [2.24, 2.45) is 5.10 Å². The van der Waals surface area contributed by atoms with Gasteiger partial charge in [0, 0.05) is 9.89 Å². The monoisotopic (exact) mass is 507 g/mol. The first-order valence-corrected chi connectivity index (χ1v) is 11.2. The van der Waals surface area contributed by atoms with Crippen LogP contribution in [0.15, 0.2) is 81.1 Å². The summed E-state index contributed by atoms with van der Waals surface area (Å²) < 4.78 is 21.1. The van der Waals surface area contributed by atoms with E-state index in [1.807, 2.05) is 57.2 Å². The van der Waals surface area contributed by atoms with Crippen molar-refractivity contribution in [3.63, 3.8) is 0 Å². The van der Waals surface area contributed by atoms with Gasteiger partial charge in [-0.25, -0.2) is 9.37 Å². The third-order valence-electron chi connectivity index (χ3n) is 4.98. The van der Waals surface area contributed by atoms with Crippen LogP contribution in [0.25, 0.3) is 10.9 Å². The first kappa shape index (κ1) is 22.9. The Hall–Kier alpha value is -3.32. The maximum atomic E-state index is 13.3. The van der Waals surface area contributed by atoms with Gasteiger partial charge in [-0.15, -0.1) is 0 Å². The Bertz CT molecular complexity index is 1390. The Labute approximate surface area is 199 Å². The Morgan fingerprint density at radius 3 is 2.58 bits per heavy atom. The summed E-state index contributed by atoms with van der Waals surface area (Å²) >= 11 is 3.42. The minimum atomic E-state index is -0.391. The molecule has 168 valence electrons. The molecule has 1 aromatic heterocycles. The molecule has 33 heavy (non-hydrogen) atoms. The number of hydrogen-bond donors (Lipinski definition) is 0. The molecule has 7 heteroatoms. The van der Waals surface area contributed by atoms with Crippen LogP contribution in [0.1, 0.15) is 37.7 Å². The molecule has 4 rings (SSSR count). The van der Waals surface area contributed by atoms with Crippen LogP contribution < -0.4 is 10.3 Å². The number of halogens is 2. The van der Waals surface area contributed by atoms with Gasteiger partial charge in [0.25, 0.3) is 5.56 Å². The van der Waals surface area contributed by atoms with E-state index in [0.29, 0.717) is 29.1 Å². The zero-order valence-corrected chi connectivity index (χ0v) is 20.1. The largest absolute Gasteiger partial charge is 0.489 e. The van der Waals surface area contributed by atoms with Gasteiger partial charge >= 0.3 is 0 Å². The smallest absolute Gasteiger partial charge is 0.282 e. The number of ether oxygens (including phenoxy) is 1. The van der Waals surface area contributed by atoms with E-state index in [-0.39, 0.29) is 11.4 Å². The van der Waals surface area contributed by atoms with Gasteiger partial charge in [0.15, 0.2) is 0 Å². The Kier molecular flexibility index (Phi) is 6.42. The molecule has 0 saturated heterocycles. The molecule has 4 aromatic rings. The van der Waals surface area contributed by atoms with Crippen LogP contribution in [0.2, 0.25) is 0 Å². The molecule has 3 aromatic carbocycles. The van der Waals surface area contributed by atoms with Crippen molar-refractivity contribution in [2.45, 2.75) is 32.8 Å². The molecule has 5 nitrogen and oxygen atoms in total. The lowest BCUT2D eigenvalue weighted by molar-refractivity contribution is 0.306. The minimum absolute atomic E-state index is 0.230. The number of nitrogens with zero attached hydrogens (tertiary/aromatic N) is 3. The van der Waals surface area contributed by atoms with Crippen LogP contribution in [0.5, 0.6) is 5.75 Å². The lowest BCUT2D eigenvalue weighted by Gasteiger charge is -2.20. The topological polar surface area (TPSA) is 56.5 Å². The first-order valence-electron chi connectivity index (χ1n) is 10.5. The molecule has 0 saturated carbocycles. The van der Waals surface area contributed by atoms with Crippen LogP contribution in [0.3, 0.4) is 0 Å². The van der Waals surface area contributed by atoms with Crippen molar-refractivity contribution >= 4 is 33.0 Å². The van der Waals surface area contributed by atoms with E-state index < -0.39 is 5.41 Å². The van der Waals surface area contributed by atoms with Gasteiger partial charge in [0.1, 0.15) is 24.0 Å². The molecule has 0 aliphatic rings. The third kappa shape index (κ3) is 5.37. The van der Waals surface area contributed by atoms with Crippen molar-refractivity contribution < 1.29 is 9.13 Å². The van der Waals surface area contributed by atoms with Gasteiger partial charge in [-0.1, -0.05) is 61.0 Å². The van der Waals surface area contributed by atoms with Crippen molar-refractivity contribution in [3.05, 3.63) is 104 Å². The molecule has 0 atom stereocenters. The highest BCUT2D eigenvalue weighted by Gasteiger charge is 2.22. The van der Waals surface area contributed by atoms with Crippen molar-refractivity contribution in [1.29, 1.82) is 0 Å². The van der Waals surface area contributed by atoms with E-state index in [0.717, 1.165) is 15.6 Å².